The summed E-state index contributed by atoms with van der Waals surface area (Å²) in [5.41, 5.74) is 2.64. The van der Waals surface area contributed by atoms with Gasteiger partial charge >= 0.3 is 0 Å². The summed E-state index contributed by atoms with van der Waals surface area (Å²) in [6.07, 6.45) is -2.26. The van der Waals surface area contributed by atoms with E-state index in [-0.39, 0.29) is 25.3 Å². The SMILES string of the molecule is O=C(NC[C@H]1CC[C@](F)(n2cc3ccc(-c4csc(N5CCOCC5)n4)cc3n2)[C@H](O)[C@@H]1F)c1ccccc1. The molecule has 0 spiro atoms. The van der Waals surface area contributed by atoms with Crippen molar-refractivity contribution in [2.24, 2.45) is 5.92 Å². The average Bonchev–Trinajstić information content (AvgIpc) is 3.64. The summed E-state index contributed by atoms with van der Waals surface area (Å²) >= 11 is 1.56. The number of ether oxygens (including phenoxy) is 1. The summed E-state index contributed by atoms with van der Waals surface area (Å²) in [5, 5.41) is 21.4. The number of aliphatic hydroxyl groups excluding tert-OH is 1. The van der Waals surface area contributed by atoms with Crippen LogP contribution in [0.5, 0.6) is 0 Å². The van der Waals surface area contributed by atoms with Crippen LogP contribution in [-0.2, 0) is 10.5 Å². The third-order valence-corrected chi connectivity index (χ3v) is 8.49. The van der Waals surface area contributed by atoms with Gasteiger partial charge in [0.15, 0.2) is 5.13 Å². The molecular formula is C28H29F2N5O3S. The van der Waals surface area contributed by atoms with Gasteiger partial charge in [0.1, 0.15) is 12.3 Å². The van der Waals surface area contributed by atoms with Gasteiger partial charge in [0.25, 0.3) is 5.91 Å². The molecular weight excluding hydrogens is 524 g/mol. The van der Waals surface area contributed by atoms with Crippen molar-refractivity contribution in [3.63, 3.8) is 0 Å². The molecule has 2 aromatic heterocycles. The number of hydrogen-bond acceptors (Lipinski definition) is 7. The van der Waals surface area contributed by atoms with E-state index in [1.165, 1.54) is 6.20 Å². The van der Waals surface area contributed by atoms with E-state index in [4.69, 9.17) is 9.72 Å². The Balaban J connectivity index is 1.16. The number of hydrogen-bond donors (Lipinski definition) is 2. The number of alkyl halides is 2. The third-order valence-electron chi connectivity index (χ3n) is 7.59. The van der Waals surface area contributed by atoms with Gasteiger partial charge in [-0.25, -0.2) is 18.4 Å². The predicted octanol–water partition coefficient (Wildman–Crippen LogP) is 4.16. The molecule has 1 amide bonds. The van der Waals surface area contributed by atoms with Crippen molar-refractivity contribution in [3.8, 4) is 11.3 Å². The lowest BCUT2D eigenvalue weighted by Gasteiger charge is -2.40. The molecule has 2 aliphatic rings. The van der Waals surface area contributed by atoms with Crippen molar-refractivity contribution in [1.29, 1.82) is 0 Å². The van der Waals surface area contributed by atoms with Gasteiger partial charge in [-0.3, -0.25) is 4.79 Å². The Morgan fingerprint density at radius 3 is 2.79 bits per heavy atom. The van der Waals surface area contributed by atoms with Crippen LogP contribution >= 0.6 is 11.3 Å². The number of rotatable bonds is 6. The Labute approximate surface area is 228 Å². The highest BCUT2D eigenvalue weighted by molar-refractivity contribution is 7.14. The first kappa shape index (κ1) is 25.8. The fourth-order valence-electron chi connectivity index (χ4n) is 5.24. The lowest BCUT2D eigenvalue weighted by atomic mass is 9.80. The lowest BCUT2D eigenvalue weighted by Crippen LogP contribution is -2.54. The maximum absolute atomic E-state index is 16.2. The van der Waals surface area contributed by atoms with E-state index in [1.807, 2.05) is 23.6 Å². The first-order valence-corrected chi connectivity index (χ1v) is 13.9. The van der Waals surface area contributed by atoms with Gasteiger partial charge in [0, 0.05) is 60.1 Å². The summed E-state index contributed by atoms with van der Waals surface area (Å²) in [6.45, 7) is 2.96. The number of aliphatic hydroxyl groups is 1. The number of nitrogens with zero attached hydrogens (tertiary/aromatic N) is 4. The van der Waals surface area contributed by atoms with E-state index in [1.54, 1.807) is 41.7 Å². The number of carbonyl (C=O) groups is 1. The molecule has 1 saturated carbocycles. The van der Waals surface area contributed by atoms with Crippen LogP contribution in [0.3, 0.4) is 0 Å². The van der Waals surface area contributed by atoms with Crippen molar-refractivity contribution in [3.05, 3.63) is 65.7 Å². The van der Waals surface area contributed by atoms with Crippen LogP contribution in [0.1, 0.15) is 23.2 Å². The minimum atomic E-state index is -2.40. The molecule has 1 aliphatic carbocycles. The van der Waals surface area contributed by atoms with Crippen molar-refractivity contribution >= 4 is 33.3 Å². The van der Waals surface area contributed by atoms with E-state index >= 15 is 8.78 Å². The first-order valence-electron chi connectivity index (χ1n) is 13.1. The number of halogens is 2. The van der Waals surface area contributed by atoms with Gasteiger partial charge in [0.05, 0.1) is 24.4 Å². The monoisotopic (exact) mass is 553 g/mol. The van der Waals surface area contributed by atoms with E-state index in [9.17, 15) is 9.90 Å². The first-order chi connectivity index (χ1) is 18.9. The van der Waals surface area contributed by atoms with E-state index in [0.29, 0.717) is 29.7 Å². The molecule has 204 valence electrons. The van der Waals surface area contributed by atoms with Gasteiger partial charge in [-0.05, 0) is 24.6 Å². The van der Waals surface area contributed by atoms with Gasteiger partial charge in [-0.15, -0.1) is 11.3 Å². The Morgan fingerprint density at radius 1 is 1.21 bits per heavy atom. The fraction of sp³-hybridized carbons (Fsp3) is 0.393. The number of anilines is 1. The van der Waals surface area contributed by atoms with Gasteiger partial charge in [-0.2, -0.15) is 5.10 Å². The quantitative estimate of drug-likeness (QED) is 0.373. The van der Waals surface area contributed by atoms with Crippen molar-refractivity contribution < 1.29 is 23.4 Å². The second-order valence-corrected chi connectivity index (χ2v) is 10.9. The summed E-state index contributed by atoms with van der Waals surface area (Å²) in [5.74, 6) is -3.44. The number of morpholine rings is 1. The van der Waals surface area contributed by atoms with Crippen LogP contribution in [0.25, 0.3) is 22.2 Å². The summed E-state index contributed by atoms with van der Waals surface area (Å²) in [7, 11) is 0. The van der Waals surface area contributed by atoms with Crippen LogP contribution in [0.2, 0.25) is 0 Å². The third kappa shape index (κ3) is 5.02. The summed E-state index contributed by atoms with van der Waals surface area (Å²) < 4.78 is 37.9. The van der Waals surface area contributed by atoms with E-state index in [2.05, 4.69) is 15.3 Å². The highest BCUT2D eigenvalue weighted by Gasteiger charge is 2.52. The van der Waals surface area contributed by atoms with Crippen molar-refractivity contribution in [2.75, 3.05) is 37.7 Å². The van der Waals surface area contributed by atoms with Crippen molar-refractivity contribution in [1.82, 2.24) is 20.1 Å². The van der Waals surface area contributed by atoms with Crippen LogP contribution < -0.4 is 10.2 Å². The average molecular weight is 554 g/mol. The Hall–Kier alpha value is -3.41. The topological polar surface area (TPSA) is 92.5 Å². The second-order valence-electron chi connectivity index (χ2n) is 10.0. The van der Waals surface area contributed by atoms with Crippen molar-refractivity contribution in [2.45, 2.75) is 30.9 Å². The zero-order valence-corrected chi connectivity index (χ0v) is 22.0. The van der Waals surface area contributed by atoms with Gasteiger partial charge in [-0.1, -0.05) is 30.3 Å². The normalized spacial score (nSPS) is 25.6. The van der Waals surface area contributed by atoms with Gasteiger partial charge < -0.3 is 20.1 Å². The molecule has 2 fully saturated rings. The zero-order chi connectivity index (χ0) is 27.0. The number of fused-ring (bicyclic) bond motifs is 1. The van der Waals surface area contributed by atoms with Crippen LogP contribution in [0, 0.1) is 5.92 Å². The number of aromatic nitrogens is 3. The standard InChI is InChI=1S/C28H29F2N5O3S/c29-24-20(15-31-26(37)18-4-2-1-3-5-18)8-9-28(30,25(24)36)35-16-21-7-6-19(14-22(21)33-35)23-17-39-27(32-23)34-10-12-38-13-11-34/h1-7,14,16-17,20,24-25,36H,8-13,15H2,(H,31,37)/t20-,24-,25-,28+/m1/s1. The van der Waals surface area contributed by atoms with E-state index in [0.717, 1.165) is 34.2 Å². The summed E-state index contributed by atoms with van der Waals surface area (Å²) in [6, 6.07) is 14.2. The fourth-order valence-corrected chi connectivity index (χ4v) is 6.13. The highest BCUT2D eigenvalue weighted by Crippen LogP contribution is 2.41. The number of carbonyl (C=O) groups excluding carboxylic acids is 1. The van der Waals surface area contributed by atoms with Gasteiger partial charge in [0.2, 0.25) is 5.79 Å². The Morgan fingerprint density at radius 2 is 2.00 bits per heavy atom. The molecule has 1 saturated heterocycles. The van der Waals surface area contributed by atoms with E-state index < -0.39 is 24.0 Å². The molecule has 0 unspecified atom stereocenters. The second kappa shape index (κ2) is 10.6. The maximum Gasteiger partial charge on any atom is 0.251 e. The molecule has 2 aromatic carbocycles. The highest BCUT2D eigenvalue weighted by atomic mass is 32.1. The molecule has 11 heteroatoms. The molecule has 0 bridgehead atoms. The largest absolute Gasteiger partial charge is 0.385 e. The molecule has 1 aliphatic heterocycles. The summed E-state index contributed by atoms with van der Waals surface area (Å²) in [4.78, 5) is 19.3. The van der Waals surface area contributed by atoms with Crippen LogP contribution in [0.4, 0.5) is 13.9 Å². The van der Waals surface area contributed by atoms with Crippen LogP contribution in [0.15, 0.2) is 60.1 Å². The predicted molar refractivity (Wildman–Crippen MR) is 145 cm³/mol. The minimum Gasteiger partial charge on any atom is -0.385 e. The maximum atomic E-state index is 16.2. The smallest absolute Gasteiger partial charge is 0.251 e. The molecule has 4 aromatic rings. The molecule has 8 nitrogen and oxygen atoms in total. The molecule has 3 heterocycles. The minimum absolute atomic E-state index is 0.00651. The molecule has 39 heavy (non-hydrogen) atoms. The molecule has 6 rings (SSSR count). The lowest BCUT2D eigenvalue weighted by molar-refractivity contribution is -0.153. The zero-order valence-electron chi connectivity index (χ0n) is 21.2. The van der Waals surface area contributed by atoms with Crippen LogP contribution in [-0.4, -0.2) is 70.9 Å². The molecule has 4 atom stereocenters. The Bertz CT molecular complexity index is 1460. The molecule has 0 radical (unpaired) electrons. The number of benzene rings is 2. The Kier molecular flexibility index (Phi) is 7.05. The number of amides is 1. The number of nitrogens with one attached hydrogen (secondary N) is 1. The molecule has 2 N–H and O–H groups in total. The number of thiazole rings is 1.